The summed E-state index contributed by atoms with van der Waals surface area (Å²) in [6.45, 7) is 0. The van der Waals surface area contributed by atoms with Crippen molar-refractivity contribution in [1.82, 2.24) is 0 Å². The van der Waals surface area contributed by atoms with Gasteiger partial charge in [-0.25, -0.2) is 8.78 Å². The molecule has 4 heteroatoms. The molecule has 0 aromatic heterocycles. The van der Waals surface area contributed by atoms with E-state index in [1.165, 1.54) is 24.3 Å². The normalized spacial score (nSPS) is 10.8. The number of hydrogen-bond donors (Lipinski definition) is 0. The van der Waals surface area contributed by atoms with Gasteiger partial charge in [0.2, 0.25) is 5.24 Å². The summed E-state index contributed by atoms with van der Waals surface area (Å²) in [6, 6.07) is 12.2. The molecule has 2 aromatic carbocycles. The fraction of sp³-hybridized carbons (Fsp3) is 0.188. The summed E-state index contributed by atoms with van der Waals surface area (Å²) in [5.41, 5.74) is 1.40. The van der Waals surface area contributed by atoms with Crippen LogP contribution in [0.3, 0.4) is 0 Å². The predicted molar refractivity (Wildman–Crippen MR) is 74.7 cm³/mol. The van der Waals surface area contributed by atoms with Crippen molar-refractivity contribution in [2.45, 2.75) is 18.8 Å². The summed E-state index contributed by atoms with van der Waals surface area (Å²) in [7, 11) is 0. The van der Waals surface area contributed by atoms with E-state index in [1.54, 1.807) is 24.3 Å². The highest BCUT2D eigenvalue weighted by atomic mass is 35.5. The van der Waals surface area contributed by atoms with Crippen molar-refractivity contribution in [1.29, 1.82) is 0 Å². The fourth-order valence-electron chi connectivity index (χ4n) is 2.23. The Balaban J connectivity index is 2.36. The molecular formula is C16H13ClF2O. The zero-order valence-electron chi connectivity index (χ0n) is 10.7. The van der Waals surface area contributed by atoms with Crippen molar-refractivity contribution in [2.24, 2.45) is 0 Å². The van der Waals surface area contributed by atoms with Crippen LogP contribution in [0.15, 0.2) is 48.5 Å². The van der Waals surface area contributed by atoms with Gasteiger partial charge in [0.05, 0.1) is 0 Å². The second-order valence-corrected chi connectivity index (χ2v) is 4.98. The lowest BCUT2D eigenvalue weighted by atomic mass is 9.87. The van der Waals surface area contributed by atoms with Gasteiger partial charge in [0.15, 0.2) is 0 Å². The molecule has 2 rings (SSSR count). The minimum absolute atomic E-state index is 0.152. The molecule has 0 saturated heterocycles. The zero-order valence-corrected chi connectivity index (χ0v) is 11.4. The summed E-state index contributed by atoms with van der Waals surface area (Å²) in [5, 5.41) is -0.456. The number of halogens is 3. The van der Waals surface area contributed by atoms with Crippen LogP contribution < -0.4 is 0 Å². The van der Waals surface area contributed by atoms with Crippen LogP contribution in [-0.2, 0) is 4.79 Å². The van der Waals surface area contributed by atoms with E-state index in [4.69, 9.17) is 11.6 Å². The molecule has 1 nitrogen and oxygen atoms in total. The van der Waals surface area contributed by atoms with Crippen molar-refractivity contribution in [3.63, 3.8) is 0 Å². The van der Waals surface area contributed by atoms with Gasteiger partial charge >= 0.3 is 0 Å². The highest BCUT2D eigenvalue weighted by Crippen LogP contribution is 2.30. The number of rotatable bonds is 5. The van der Waals surface area contributed by atoms with Crippen molar-refractivity contribution in [2.75, 3.05) is 0 Å². The summed E-state index contributed by atoms with van der Waals surface area (Å²) >= 11 is 5.37. The Bertz CT molecular complexity index is 567. The maximum atomic E-state index is 13.4. The third-order valence-corrected chi connectivity index (χ3v) is 3.32. The van der Waals surface area contributed by atoms with Crippen molar-refractivity contribution < 1.29 is 13.6 Å². The topological polar surface area (TPSA) is 17.1 Å². The molecular weight excluding hydrogens is 282 g/mol. The van der Waals surface area contributed by atoms with Crippen LogP contribution in [0.1, 0.15) is 29.9 Å². The summed E-state index contributed by atoms with van der Waals surface area (Å²) in [5.74, 6) is -0.980. The van der Waals surface area contributed by atoms with Crippen LogP contribution in [0.4, 0.5) is 8.78 Å². The number of carbonyl (C=O) groups is 1. The standard InChI is InChI=1S/C16H13ClF2O/c17-16(20)8-7-15(11-3-1-5-13(18)9-11)12-4-2-6-14(19)10-12/h1-6,9-10,15H,7-8H2. The van der Waals surface area contributed by atoms with E-state index in [2.05, 4.69) is 0 Å². The first-order valence-corrected chi connectivity index (χ1v) is 6.63. The maximum Gasteiger partial charge on any atom is 0.221 e. The van der Waals surface area contributed by atoms with Gasteiger partial charge in [-0.05, 0) is 53.4 Å². The van der Waals surface area contributed by atoms with E-state index in [0.29, 0.717) is 17.5 Å². The first kappa shape index (κ1) is 14.7. The molecule has 0 spiro atoms. The Morgan fingerprint density at radius 1 is 1.00 bits per heavy atom. The Hall–Kier alpha value is -1.74. The monoisotopic (exact) mass is 294 g/mol. The van der Waals surface area contributed by atoms with E-state index in [9.17, 15) is 13.6 Å². The van der Waals surface area contributed by atoms with Crippen LogP contribution in [-0.4, -0.2) is 5.24 Å². The van der Waals surface area contributed by atoms with Gasteiger partial charge in [-0.2, -0.15) is 0 Å². The molecule has 104 valence electrons. The first-order valence-electron chi connectivity index (χ1n) is 6.25. The highest BCUT2D eigenvalue weighted by Gasteiger charge is 2.16. The van der Waals surface area contributed by atoms with Crippen molar-refractivity contribution >= 4 is 16.8 Å². The average Bonchev–Trinajstić information content (AvgIpc) is 2.39. The minimum atomic E-state index is -0.456. The number of benzene rings is 2. The molecule has 0 fully saturated rings. The Morgan fingerprint density at radius 3 is 1.90 bits per heavy atom. The van der Waals surface area contributed by atoms with E-state index in [0.717, 1.165) is 0 Å². The molecule has 0 aliphatic carbocycles. The lowest BCUT2D eigenvalue weighted by Gasteiger charge is -2.17. The van der Waals surface area contributed by atoms with Gasteiger partial charge in [0, 0.05) is 12.3 Å². The van der Waals surface area contributed by atoms with E-state index in [1.807, 2.05) is 0 Å². The van der Waals surface area contributed by atoms with Gasteiger partial charge < -0.3 is 0 Å². The quantitative estimate of drug-likeness (QED) is 0.734. The molecule has 20 heavy (non-hydrogen) atoms. The van der Waals surface area contributed by atoms with Gasteiger partial charge in [-0.1, -0.05) is 24.3 Å². The largest absolute Gasteiger partial charge is 0.281 e. The van der Waals surface area contributed by atoms with E-state index >= 15 is 0 Å². The average molecular weight is 295 g/mol. The summed E-state index contributed by atoms with van der Waals surface area (Å²) in [4.78, 5) is 11.0. The molecule has 0 aliphatic heterocycles. The van der Waals surface area contributed by atoms with Crippen LogP contribution in [0.5, 0.6) is 0 Å². The molecule has 0 bridgehead atoms. The Morgan fingerprint density at radius 2 is 1.50 bits per heavy atom. The lowest BCUT2D eigenvalue weighted by molar-refractivity contribution is -0.111. The molecule has 0 heterocycles. The smallest absolute Gasteiger partial charge is 0.221 e. The molecule has 0 amide bonds. The van der Waals surface area contributed by atoms with Crippen molar-refractivity contribution in [3.8, 4) is 0 Å². The van der Waals surface area contributed by atoms with E-state index in [-0.39, 0.29) is 24.0 Å². The summed E-state index contributed by atoms with van der Waals surface area (Å²) in [6.07, 6.45) is 0.564. The number of hydrogen-bond acceptors (Lipinski definition) is 1. The van der Waals surface area contributed by atoms with Crippen LogP contribution in [0, 0.1) is 11.6 Å². The molecule has 0 atom stereocenters. The maximum absolute atomic E-state index is 13.4. The van der Waals surface area contributed by atoms with Crippen LogP contribution in [0.2, 0.25) is 0 Å². The predicted octanol–water partition coefficient (Wildman–Crippen LogP) is 4.64. The molecule has 0 N–H and O–H groups in total. The van der Waals surface area contributed by atoms with Gasteiger partial charge in [-0.15, -0.1) is 0 Å². The second-order valence-electron chi connectivity index (χ2n) is 4.56. The van der Waals surface area contributed by atoms with E-state index < -0.39 is 5.24 Å². The Labute approximate surface area is 121 Å². The minimum Gasteiger partial charge on any atom is -0.281 e. The molecule has 0 saturated carbocycles. The van der Waals surface area contributed by atoms with Crippen molar-refractivity contribution in [3.05, 3.63) is 71.3 Å². The Kier molecular flexibility index (Phi) is 4.85. The molecule has 2 aromatic rings. The SMILES string of the molecule is O=C(Cl)CCC(c1cccc(F)c1)c1cccc(F)c1. The molecule has 0 aliphatic rings. The van der Waals surface area contributed by atoms with Gasteiger partial charge in [0.25, 0.3) is 0 Å². The summed E-state index contributed by atoms with van der Waals surface area (Å²) < 4.78 is 26.7. The zero-order chi connectivity index (χ0) is 14.5. The highest BCUT2D eigenvalue weighted by molar-refractivity contribution is 6.63. The lowest BCUT2D eigenvalue weighted by Crippen LogP contribution is -2.04. The third kappa shape index (κ3) is 3.87. The second kappa shape index (κ2) is 6.62. The fourth-order valence-corrected chi connectivity index (χ4v) is 2.34. The van der Waals surface area contributed by atoms with Crippen LogP contribution in [0.25, 0.3) is 0 Å². The number of carbonyl (C=O) groups excluding carboxylic acids is 1. The molecule has 0 radical (unpaired) electrons. The van der Waals surface area contributed by atoms with Crippen LogP contribution >= 0.6 is 11.6 Å². The molecule has 0 unspecified atom stereocenters. The van der Waals surface area contributed by atoms with Gasteiger partial charge in [0.1, 0.15) is 11.6 Å². The first-order chi connectivity index (χ1) is 9.56. The van der Waals surface area contributed by atoms with Gasteiger partial charge in [-0.3, -0.25) is 4.79 Å². The third-order valence-electron chi connectivity index (χ3n) is 3.13.